The Bertz CT molecular complexity index is 427. The highest BCUT2D eigenvalue weighted by Crippen LogP contribution is 2.27. The highest BCUT2D eigenvalue weighted by atomic mass is 35.5. The highest BCUT2D eigenvalue weighted by Gasteiger charge is 2.18. The van der Waals surface area contributed by atoms with Gasteiger partial charge in [-0.1, -0.05) is 29.8 Å². The normalized spacial score (nSPS) is 13.0. The Hall–Kier alpha value is -1.04. The number of nitrogens with zero attached hydrogens (tertiary/aromatic N) is 2. The molecule has 1 aromatic rings. The van der Waals surface area contributed by atoms with Gasteiger partial charge in [0.05, 0.1) is 12.0 Å². The molecule has 0 aliphatic carbocycles. The Morgan fingerprint density at radius 1 is 1.16 bits per heavy atom. The molecule has 2 nitrogen and oxygen atoms in total. The molecule has 0 saturated heterocycles. The van der Waals surface area contributed by atoms with Crippen LogP contribution in [-0.2, 0) is 0 Å². The van der Waals surface area contributed by atoms with Crippen molar-refractivity contribution in [3.63, 3.8) is 0 Å². The molecule has 1 aromatic carbocycles. The second-order valence-corrected chi connectivity index (χ2v) is 5.82. The Morgan fingerprint density at radius 2 is 1.74 bits per heavy atom. The Labute approximate surface area is 122 Å². The molecule has 0 bridgehead atoms. The largest absolute Gasteiger partial charge is 0.298 e. The summed E-state index contributed by atoms with van der Waals surface area (Å²) in [6.45, 7) is 9.68. The molecule has 1 rings (SSSR count). The Kier molecular flexibility index (Phi) is 6.34. The average molecular weight is 279 g/mol. The van der Waals surface area contributed by atoms with Gasteiger partial charge in [-0.15, -0.1) is 0 Å². The van der Waals surface area contributed by atoms with Gasteiger partial charge < -0.3 is 0 Å². The summed E-state index contributed by atoms with van der Waals surface area (Å²) in [5.74, 6) is -0.131. The third-order valence-corrected chi connectivity index (χ3v) is 3.78. The summed E-state index contributed by atoms with van der Waals surface area (Å²) in [6, 6.07) is 11.0. The van der Waals surface area contributed by atoms with Gasteiger partial charge >= 0.3 is 0 Å². The summed E-state index contributed by atoms with van der Waals surface area (Å²) in [6.07, 6.45) is 0.816. The van der Waals surface area contributed by atoms with Gasteiger partial charge in [-0.25, -0.2) is 0 Å². The summed E-state index contributed by atoms with van der Waals surface area (Å²) >= 11 is 6.17. The van der Waals surface area contributed by atoms with E-state index >= 15 is 0 Å². The van der Waals surface area contributed by atoms with Gasteiger partial charge in [0, 0.05) is 23.7 Å². The molecular formula is C16H23ClN2. The summed E-state index contributed by atoms with van der Waals surface area (Å²) in [5.41, 5.74) is 0.944. The van der Waals surface area contributed by atoms with E-state index in [0.29, 0.717) is 17.1 Å². The SMILES string of the molecule is CC(C)N(CCC(C#N)c1ccccc1Cl)C(C)C. The van der Waals surface area contributed by atoms with Gasteiger partial charge in [0.25, 0.3) is 0 Å². The lowest BCUT2D eigenvalue weighted by Crippen LogP contribution is -2.38. The molecule has 1 atom stereocenters. The van der Waals surface area contributed by atoms with Crippen LogP contribution in [0.1, 0.15) is 45.6 Å². The predicted molar refractivity (Wildman–Crippen MR) is 81.4 cm³/mol. The van der Waals surface area contributed by atoms with Gasteiger partial charge in [0.2, 0.25) is 0 Å². The maximum atomic E-state index is 9.37. The molecule has 0 aromatic heterocycles. The second kappa shape index (κ2) is 7.53. The number of rotatable bonds is 6. The summed E-state index contributed by atoms with van der Waals surface area (Å²) < 4.78 is 0. The lowest BCUT2D eigenvalue weighted by molar-refractivity contribution is 0.171. The van der Waals surface area contributed by atoms with E-state index in [4.69, 9.17) is 11.6 Å². The average Bonchev–Trinajstić information content (AvgIpc) is 2.35. The Balaban J connectivity index is 2.74. The van der Waals surface area contributed by atoms with E-state index in [1.54, 1.807) is 0 Å². The van der Waals surface area contributed by atoms with Crippen LogP contribution in [-0.4, -0.2) is 23.5 Å². The lowest BCUT2D eigenvalue weighted by Gasteiger charge is -2.31. The van der Waals surface area contributed by atoms with E-state index in [9.17, 15) is 5.26 Å². The van der Waals surface area contributed by atoms with E-state index in [0.717, 1.165) is 18.5 Å². The predicted octanol–water partition coefficient (Wildman–Crippen LogP) is 4.46. The summed E-state index contributed by atoms with van der Waals surface area (Å²) in [7, 11) is 0. The molecular weight excluding hydrogens is 256 g/mol. The molecule has 0 amide bonds. The van der Waals surface area contributed by atoms with E-state index in [1.165, 1.54) is 0 Å². The Morgan fingerprint density at radius 3 is 2.21 bits per heavy atom. The molecule has 0 heterocycles. The first-order valence-corrected chi connectivity index (χ1v) is 7.25. The zero-order chi connectivity index (χ0) is 14.4. The maximum absolute atomic E-state index is 9.37. The van der Waals surface area contributed by atoms with Crippen LogP contribution in [0.15, 0.2) is 24.3 Å². The van der Waals surface area contributed by atoms with E-state index in [-0.39, 0.29) is 5.92 Å². The van der Waals surface area contributed by atoms with Gasteiger partial charge in [-0.3, -0.25) is 4.90 Å². The molecule has 0 spiro atoms. The van der Waals surface area contributed by atoms with Crippen LogP contribution >= 0.6 is 11.6 Å². The van der Waals surface area contributed by atoms with Crippen molar-refractivity contribution in [2.75, 3.05) is 6.54 Å². The van der Waals surface area contributed by atoms with Crippen LogP contribution in [0.3, 0.4) is 0 Å². The number of nitriles is 1. The lowest BCUT2D eigenvalue weighted by atomic mass is 9.96. The van der Waals surface area contributed by atoms with Crippen molar-refractivity contribution in [2.24, 2.45) is 0 Å². The van der Waals surface area contributed by atoms with Gasteiger partial charge in [0.15, 0.2) is 0 Å². The first kappa shape index (κ1) is 16.0. The van der Waals surface area contributed by atoms with Crippen molar-refractivity contribution in [2.45, 2.75) is 52.1 Å². The van der Waals surface area contributed by atoms with Crippen LogP contribution in [0.25, 0.3) is 0 Å². The molecule has 0 N–H and O–H groups in total. The number of hydrogen-bond acceptors (Lipinski definition) is 2. The monoisotopic (exact) mass is 278 g/mol. The highest BCUT2D eigenvalue weighted by molar-refractivity contribution is 6.31. The van der Waals surface area contributed by atoms with Gasteiger partial charge in [-0.05, 0) is 45.7 Å². The van der Waals surface area contributed by atoms with Crippen LogP contribution in [0.4, 0.5) is 0 Å². The fourth-order valence-corrected chi connectivity index (χ4v) is 2.71. The standard InChI is InChI=1S/C16H23ClN2/c1-12(2)19(13(3)4)10-9-14(11-18)15-7-5-6-8-16(15)17/h5-8,12-14H,9-10H2,1-4H3. The minimum absolute atomic E-state index is 0.131. The first-order chi connectivity index (χ1) is 8.97. The third kappa shape index (κ3) is 4.53. The van der Waals surface area contributed by atoms with Crippen LogP contribution in [0, 0.1) is 11.3 Å². The summed E-state index contributed by atoms with van der Waals surface area (Å²) in [5, 5.41) is 10.1. The van der Waals surface area contributed by atoms with Crippen LogP contribution < -0.4 is 0 Å². The fraction of sp³-hybridized carbons (Fsp3) is 0.562. The minimum Gasteiger partial charge on any atom is -0.298 e. The van der Waals surface area contributed by atoms with Gasteiger partial charge in [0.1, 0.15) is 0 Å². The van der Waals surface area contributed by atoms with Crippen molar-refractivity contribution in [3.8, 4) is 6.07 Å². The molecule has 1 unspecified atom stereocenters. The molecule has 19 heavy (non-hydrogen) atoms. The van der Waals surface area contributed by atoms with Crippen molar-refractivity contribution >= 4 is 11.6 Å². The minimum atomic E-state index is -0.131. The molecule has 0 aliphatic heterocycles. The van der Waals surface area contributed by atoms with Crippen molar-refractivity contribution in [1.29, 1.82) is 5.26 Å². The maximum Gasteiger partial charge on any atom is 0.0739 e. The van der Waals surface area contributed by atoms with Crippen LogP contribution in [0.2, 0.25) is 5.02 Å². The molecule has 0 saturated carbocycles. The first-order valence-electron chi connectivity index (χ1n) is 6.87. The molecule has 0 fully saturated rings. The quantitative estimate of drug-likeness (QED) is 0.768. The van der Waals surface area contributed by atoms with E-state index < -0.39 is 0 Å². The molecule has 0 radical (unpaired) electrons. The molecule has 104 valence electrons. The smallest absolute Gasteiger partial charge is 0.0739 e. The summed E-state index contributed by atoms with van der Waals surface area (Å²) in [4.78, 5) is 2.40. The second-order valence-electron chi connectivity index (χ2n) is 5.42. The molecule has 0 aliphatic rings. The fourth-order valence-electron chi connectivity index (χ4n) is 2.44. The zero-order valence-electron chi connectivity index (χ0n) is 12.2. The van der Waals surface area contributed by atoms with Crippen molar-refractivity contribution in [1.82, 2.24) is 4.90 Å². The molecule has 3 heteroatoms. The topological polar surface area (TPSA) is 27.0 Å². The number of hydrogen-bond donors (Lipinski definition) is 0. The van der Waals surface area contributed by atoms with E-state index in [2.05, 4.69) is 38.7 Å². The van der Waals surface area contributed by atoms with Crippen molar-refractivity contribution < 1.29 is 0 Å². The number of benzene rings is 1. The zero-order valence-corrected chi connectivity index (χ0v) is 13.0. The van der Waals surface area contributed by atoms with Crippen molar-refractivity contribution in [3.05, 3.63) is 34.9 Å². The van der Waals surface area contributed by atoms with Crippen LogP contribution in [0.5, 0.6) is 0 Å². The number of halogens is 1. The third-order valence-electron chi connectivity index (χ3n) is 3.44. The van der Waals surface area contributed by atoms with E-state index in [1.807, 2.05) is 24.3 Å². The van der Waals surface area contributed by atoms with Gasteiger partial charge in [-0.2, -0.15) is 5.26 Å².